The molecule has 18 heavy (non-hydrogen) atoms. The van der Waals surface area contributed by atoms with E-state index in [-0.39, 0.29) is 5.41 Å². The Morgan fingerprint density at radius 1 is 1.39 bits per heavy atom. The minimum Gasteiger partial charge on any atom is -0.424 e. The Kier molecular flexibility index (Phi) is 3.87. The van der Waals surface area contributed by atoms with E-state index in [4.69, 9.17) is 25.4 Å². The zero-order valence-corrected chi connectivity index (χ0v) is 12.0. The van der Waals surface area contributed by atoms with E-state index in [9.17, 15) is 4.79 Å². The van der Waals surface area contributed by atoms with Crippen molar-refractivity contribution >= 4 is 24.8 Å². The molecule has 2 rings (SSSR count). The van der Waals surface area contributed by atoms with Crippen LogP contribution in [0.5, 0.6) is 5.75 Å². The summed E-state index contributed by atoms with van der Waals surface area (Å²) in [7, 11) is 0. The number of carbonyl (C=O) groups is 1. The average Bonchev–Trinajstić information content (AvgIpc) is 2.34. The van der Waals surface area contributed by atoms with Crippen LogP contribution in [0.4, 0.5) is 0 Å². The minimum absolute atomic E-state index is 0.0453. The summed E-state index contributed by atoms with van der Waals surface area (Å²) < 4.78 is 16.7. The van der Waals surface area contributed by atoms with E-state index in [0.29, 0.717) is 24.5 Å². The van der Waals surface area contributed by atoms with E-state index in [1.165, 1.54) is 0 Å². The molecule has 1 aromatic carbocycles. The highest BCUT2D eigenvalue weighted by Crippen LogP contribution is 2.54. The van der Waals surface area contributed by atoms with Crippen molar-refractivity contribution in [2.75, 3.05) is 13.2 Å². The van der Waals surface area contributed by atoms with Gasteiger partial charge in [-0.25, -0.2) is 0 Å². The Morgan fingerprint density at radius 2 is 2.06 bits per heavy atom. The smallest absolute Gasteiger partial charge is 0.380 e. The Labute approximate surface area is 111 Å². The fourth-order valence-electron chi connectivity index (χ4n) is 1.41. The van der Waals surface area contributed by atoms with Crippen LogP contribution in [0.1, 0.15) is 24.2 Å². The van der Waals surface area contributed by atoms with Crippen LogP contribution in [0.2, 0.25) is 0 Å². The van der Waals surface area contributed by atoms with Crippen molar-refractivity contribution in [2.24, 2.45) is 5.41 Å². The summed E-state index contributed by atoms with van der Waals surface area (Å²) in [4.78, 5) is 10.7. The standard InChI is InChI=1S/C12H15O4PS/c1-12(2)8-14-17(18,15-9-12)16-11-5-3-4-10(6-11)7-13/h3-7H,8-9H2,1-2H3. The molecule has 1 heterocycles. The lowest BCUT2D eigenvalue weighted by Gasteiger charge is -2.35. The molecular formula is C12H15O4PS. The highest BCUT2D eigenvalue weighted by molar-refractivity contribution is 8.07. The van der Waals surface area contributed by atoms with Crippen molar-refractivity contribution in [1.82, 2.24) is 0 Å². The maximum atomic E-state index is 10.7. The number of rotatable bonds is 3. The molecule has 0 aromatic heterocycles. The highest BCUT2D eigenvalue weighted by atomic mass is 32.5. The molecule has 0 N–H and O–H groups in total. The van der Waals surface area contributed by atoms with Crippen LogP contribution in [0.15, 0.2) is 24.3 Å². The number of benzene rings is 1. The number of aldehydes is 1. The molecular weight excluding hydrogens is 271 g/mol. The maximum absolute atomic E-state index is 10.7. The summed E-state index contributed by atoms with van der Waals surface area (Å²) in [6, 6.07) is 6.77. The Balaban J connectivity index is 2.09. The monoisotopic (exact) mass is 286 g/mol. The van der Waals surface area contributed by atoms with Crippen molar-refractivity contribution in [1.29, 1.82) is 0 Å². The molecule has 1 aliphatic rings. The van der Waals surface area contributed by atoms with Crippen LogP contribution < -0.4 is 4.52 Å². The van der Waals surface area contributed by atoms with Gasteiger partial charge in [0.05, 0.1) is 13.2 Å². The maximum Gasteiger partial charge on any atom is 0.380 e. The van der Waals surface area contributed by atoms with Crippen LogP contribution in [-0.2, 0) is 20.9 Å². The summed E-state index contributed by atoms with van der Waals surface area (Å²) in [5.74, 6) is 0.502. The third kappa shape index (κ3) is 3.39. The Morgan fingerprint density at radius 3 is 2.67 bits per heavy atom. The van der Waals surface area contributed by atoms with E-state index in [2.05, 4.69) is 0 Å². The third-order valence-corrected chi connectivity index (χ3v) is 4.62. The molecule has 0 aliphatic carbocycles. The first kappa shape index (κ1) is 13.7. The highest BCUT2D eigenvalue weighted by Gasteiger charge is 2.35. The molecule has 1 saturated heterocycles. The minimum atomic E-state index is -2.73. The lowest BCUT2D eigenvalue weighted by molar-refractivity contribution is 0.0407. The fourth-order valence-corrected chi connectivity index (χ4v) is 3.55. The van der Waals surface area contributed by atoms with Gasteiger partial charge >= 0.3 is 6.72 Å². The molecule has 0 spiro atoms. The number of hydrogen-bond donors (Lipinski definition) is 0. The average molecular weight is 286 g/mol. The number of carbonyl (C=O) groups excluding carboxylic acids is 1. The van der Waals surface area contributed by atoms with Gasteiger partial charge in [0.25, 0.3) is 0 Å². The van der Waals surface area contributed by atoms with Crippen LogP contribution in [-0.4, -0.2) is 19.5 Å². The molecule has 0 amide bonds. The van der Waals surface area contributed by atoms with Crippen LogP contribution in [0.3, 0.4) is 0 Å². The van der Waals surface area contributed by atoms with Crippen LogP contribution in [0, 0.1) is 5.41 Å². The van der Waals surface area contributed by atoms with Crippen LogP contribution in [0.25, 0.3) is 0 Å². The predicted octanol–water partition coefficient (Wildman–Crippen LogP) is 3.18. The third-order valence-electron chi connectivity index (χ3n) is 2.44. The zero-order valence-electron chi connectivity index (χ0n) is 10.3. The van der Waals surface area contributed by atoms with Crippen molar-refractivity contribution in [3.63, 3.8) is 0 Å². The van der Waals surface area contributed by atoms with Gasteiger partial charge in [-0.2, -0.15) is 0 Å². The second kappa shape index (κ2) is 5.10. The molecule has 6 heteroatoms. The van der Waals surface area contributed by atoms with Crippen molar-refractivity contribution < 1.29 is 18.4 Å². The van der Waals surface area contributed by atoms with Gasteiger partial charge in [-0.3, -0.25) is 13.8 Å². The molecule has 0 unspecified atom stereocenters. The molecule has 1 aromatic rings. The zero-order chi connectivity index (χ0) is 13.2. The van der Waals surface area contributed by atoms with Gasteiger partial charge in [0.2, 0.25) is 0 Å². The SMILES string of the molecule is CC1(C)COP(=S)(Oc2cccc(C=O)c2)OC1. The van der Waals surface area contributed by atoms with Gasteiger partial charge in [0.1, 0.15) is 12.0 Å². The van der Waals surface area contributed by atoms with E-state index in [1.807, 2.05) is 13.8 Å². The molecule has 98 valence electrons. The van der Waals surface area contributed by atoms with Crippen molar-refractivity contribution in [3.8, 4) is 5.75 Å². The van der Waals surface area contributed by atoms with E-state index in [0.717, 1.165) is 6.29 Å². The molecule has 0 atom stereocenters. The van der Waals surface area contributed by atoms with Crippen LogP contribution >= 0.6 is 6.72 Å². The quantitative estimate of drug-likeness (QED) is 0.631. The predicted molar refractivity (Wildman–Crippen MR) is 72.4 cm³/mol. The molecule has 0 radical (unpaired) electrons. The fraction of sp³-hybridized carbons (Fsp3) is 0.417. The molecule has 1 aliphatic heterocycles. The van der Waals surface area contributed by atoms with E-state index >= 15 is 0 Å². The van der Waals surface area contributed by atoms with Crippen molar-refractivity contribution in [2.45, 2.75) is 13.8 Å². The molecule has 0 bridgehead atoms. The second-order valence-corrected chi connectivity index (χ2v) is 7.87. The lowest BCUT2D eigenvalue weighted by Crippen LogP contribution is -2.30. The topological polar surface area (TPSA) is 44.8 Å². The Bertz CT molecular complexity index is 487. The van der Waals surface area contributed by atoms with Gasteiger partial charge in [-0.15, -0.1) is 0 Å². The second-order valence-electron chi connectivity index (χ2n) is 4.94. The summed E-state index contributed by atoms with van der Waals surface area (Å²) in [6.45, 7) is 2.38. The van der Waals surface area contributed by atoms with Gasteiger partial charge < -0.3 is 4.52 Å². The normalized spacial score (nSPS) is 21.2. The first-order valence-corrected chi connectivity index (χ1v) is 8.12. The van der Waals surface area contributed by atoms with Gasteiger partial charge in [0, 0.05) is 22.8 Å². The summed E-state index contributed by atoms with van der Waals surface area (Å²) in [5, 5.41) is 0. The van der Waals surface area contributed by atoms with Crippen molar-refractivity contribution in [3.05, 3.63) is 29.8 Å². The van der Waals surface area contributed by atoms with Gasteiger partial charge in [0.15, 0.2) is 0 Å². The van der Waals surface area contributed by atoms with E-state index < -0.39 is 6.72 Å². The van der Waals surface area contributed by atoms with E-state index in [1.54, 1.807) is 24.3 Å². The number of hydrogen-bond acceptors (Lipinski definition) is 5. The molecule has 1 fully saturated rings. The summed E-state index contributed by atoms with van der Waals surface area (Å²) in [6.07, 6.45) is 0.757. The summed E-state index contributed by atoms with van der Waals surface area (Å²) in [5.41, 5.74) is 0.488. The Hall–Kier alpha value is -0.740. The summed E-state index contributed by atoms with van der Waals surface area (Å²) >= 11 is 5.27. The molecule has 4 nitrogen and oxygen atoms in total. The van der Waals surface area contributed by atoms with Gasteiger partial charge in [-0.1, -0.05) is 26.0 Å². The lowest BCUT2D eigenvalue weighted by atomic mass is 9.97. The van der Waals surface area contributed by atoms with Gasteiger partial charge in [-0.05, 0) is 12.1 Å². The first-order chi connectivity index (χ1) is 8.42. The first-order valence-electron chi connectivity index (χ1n) is 5.56. The molecule has 0 saturated carbocycles. The largest absolute Gasteiger partial charge is 0.424 e.